The monoisotopic (exact) mass is 185 g/mol. The summed E-state index contributed by atoms with van der Waals surface area (Å²) in [6.45, 7) is 1.57. The average molecular weight is 185 g/mol. The standard InChI is InChI=1S/C8H11NO4/c1-5-7(8(11)12-2)9-6(13-5)3-4-10/h10H,3-4H2,1-2H3. The highest BCUT2D eigenvalue weighted by Crippen LogP contribution is 2.10. The second-order valence-corrected chi connectivity index (χ2v) is 2.48. The van der Waals surface area contributed by atoms with Gasteiger partial charge in [-0.1, -0.05) is 0 Å². The predicted molar refractivity (Wildman–Crippen MR) is 43.4 cm³/mol. The van der Waals surface area contributed by atoms with Crippen LogP contribution in [0.3, 0.4) is 0 Å². The molecular weight excluding hydrogens is 174 g/mol. The molecule has 1 aromatic rings. The number of aryl methyl sites for hydroxylation is 1. The van der Waals surface area contributed by atoms with Crippen molar-refractivity contribution in [3.05, 3.63) is 17.3 Å². The van der Waals surface area contributed by atoms with E-state index in [1.807, 2.05) is 0 Å². The number of carbonyl (C=O) groups excluding carboxylic acids is 1. The van der Waals surface area contributed by atoms with Gasteiger partial charge in [0, 0.05) is 6.42 Å². The Morgan fingerprint density at radius 3 is 2.92 bits per heavy atom. The van der Waals surface area contributed by atoms with Gasteiger partial charge in [-0.3, -0.25) is 0 Å². The summed E-state index contributed by atoms with van der Waals surface area (Å²) in [5.74, 6) is 0.237. The van der Waals surface area contributed by atoms with Crippen LogP contribution in [0.5, 0.6) is 0 Å². The molecule has 0 atom stereocenters. The lowest BCUT2D eigenvalue weighted by Crippen LogP contribution is -2.03. The first-order valence-corrected chi connectivity index (χ1v) is 3.84. The van der Waals surface area contributed by atoms with Gasteiger partial charge in [-0.2, -0.15) is 0 Å². The molecule has 1 N–H and O–H groups in total. The summed E-state index contributed by atoms with van der Waals surface area (Å²) in [4.78, 5) is 14.9. The molecule has 72 valence electrons. The number of hydrogen-bond acceptors (Lipinski definition) is 5. The topological polar surface area (TPSA) is 72.6 Å². The number of nitrogens with zero attached hydrogens (tertiary/aromatic N) is 1. The number of aromatic nitrogens is 1. The molecule has 1 aromatic heterocycles. The van der Waals surface area contributed by atoms with Crippen LogP contribution in [0.25, 0.3) is 0 Å². The Labute approximate surface area is 75.3 Å². The molecule has 13 heavy (non-hydrogen) atoms. The van der Waals surface area contributed by atoms with E-state index in [0.717, 1.165) is 0 Å². The molecule has 0 aromatic carbocycles. The zero-order valence-electron chi connectivity index (χ0n) is 7.53. The summed E-state index contributed by atoms with van der Waals surface area (Å²) in [6, 6.07) is 0. The summed E-state index contributed by atoms with van der Waals surface area (Å²) in [6.07, 6.45) is 0.303. The zero-order chi connectivity index (χ0) is 9.84. The third-order valence-electron chi connectivity index (χ3n) is 1.55. The van der Waals surface area contributed by atoms with Crippen LogP contribution >= 0.6 is 0 Å². The van der Waals surface area contributed by atoms with Crippen molar-refractivity contribution >= 4 is 5.97 Å². The van der Waals surface area contributed by atoms with Crippen molar-refractivity contribution in [2.24, 2.45) is 0 Å². The predicted octanol–water partition coefficient (Wildman–Crippen LogP) is 0.304. The van der Waals surface area contributed by atoms with E-state index in [-0.39, 0.29) is 12.3 Å². The minimum Gasteiger partial charge on any atom is -0.464 e. The van der Waals surface area contributed by atoms with E-state index in [1.165, 1.54) is 7.11 Å². The number of esters is 1. The van der Waals surface area contributed by atoms with Gasteiger partial charge < -0.3 is 14.3 Å². The normalized spacial score (nSPS) is 10.1. The lowest BCUT2D eigenvalue weighted by Gasteiger charge is -1.91. The summed E-state index contributed by atoms with van der Waals surface area (Å²) < 4.78 is 9.59. The molecule has 5 nitrogen and oxygen atoms in total. The number of rotatable bonds is 3. The first-order valence-electron chi connectivity index (χ1n) is 3.84. The Morgan fingerprint density at radius 2 is 2.38 bits per heavy atom. The van der Waals surface area contributed by atoms with E-state index < -0.39 is 5.97 Å². The van der Waals surface area contributed by atoms with Crippen molar-refractivity contribution < 1.29 is 19.1 Å². The van der Waals surface area contributed by atoms with Crippen molar-refractivity contribution in [3.8, 4) is 0 Å². The number of methoxy groups -OCH3 is 1. The maximum Gasteiger partial charge on any atom is 0.360 e. The van der Waals surface area contributed by atoms with Crippen molar-refractivity contribution in [2.45, 2.75) is 13.3 Å². The Morgan fingerprint density at radius 1 is 1.69 bits per heavy atom. The van der Waals surface area contributed by atoms with Gasteiger partial charge in [0.15, 0.2) is 11.6 Å². The second kappa shape index (κ2) is 4.04. The number of aliphatic hydroxyl groups excluding tert-OH is 1. The SMILES string of the molecule is COC(=O)c1nc(CCO)oc1C. The van der Waals surface area contributed by atoms with Crippen LogP contribution in [0.2, 0.25) is 0 Å². The minimum atomic E-state index is -0.523. The van der Waals surface area contributed by atoms with Gasteiger partial charge in [-0.25, -0.2) is 9.78 Å². The molecule has 0 amide bonds. The summed E-state index contributed by atoms with van der Waals surface area (Å²) in [7, 11) is 1.28. The molecule has 0 radical (unpaired) electrons. The van der Waals surface area contributed by atoms with Gasteiger partial charge in [0.05, 0.1) is 13.7 Å². The Kier molecular flexibility index (Phi) is 3.02. The Hall–Kier alpha value is -1.36. The molecule has 0 unspecified atom stereocenters. The first-order chi connectivity index (χ1) is 6.19. The van der Waals surface area contributed by atoms with Crippen molar-refractivity contribution in [1.82, 2.24) is 4.98 Å². The molecule has 1 rings (SSSR count). The Bertz CT molecular complexity index is 305. The molecule has 1 heterocycles. The number of carbonyl (C=O) groups is 1. The number of hydrogen-bond donors (Lipinski definition) is 1. The maximum absolute atomic E-state index is 11.0. The minimum absolute atomic E-state index is 0.0550. The van der Waals surface area contributed by atoms with Crippen LogP contribution in [0.4, 0.5) is 0 Å². The van der Waals surface area contributed by atoms with E-state index in [9.17, 15) is 4.79 Å². The van der Waals surface area contributed by atoms with Crippen LogP contribution in [0, 0.1) is 6.92 Å². The van der Waals surface area contributed by atoms with Gasteiger partial charge in [0.25, 0.3) is 0 Å². The Balaban J connectivity index is 2.89. The zero-order valence-corrected chi connectivity index (χ0v) is 7.53. The van der Waals surface area contributed by atoms with Crippen LogP contribution in [0.15, 0.2) is 4.42 Å². The molecule has 5 heteroatoms. The molecule has 0 bridgehead atoms. The smallest absolute Gasteiger partial charge is 0.360 e. The first kappa shape index (κ1) is 9.73. The van der Waals surface area contributed by atoms with Gasteiger partial charge in [0.1, 0.15) is 5.76 Å². The molecule has 0 spiro atoms. The highest BCUT2D eigenvalue weighted by Gasteiger charge is 2.16. The average Bonchev–Trinajstić information content (AvgIpc) is 2.46. The van der Waals surface area contributed by atoms with Crippen molar-refractivity contribution in [1.29, 1.82) is 0 Å². The van der Waals surface area contributed by atoms with Crippen LogP contribution < -0.4 is 0 Å². The van der Waals surface area contributed by atoms with E-state index in [1.54, 1.807) is 6.92 Å². The van der Waals surface area contributed by atoms with E-state index in [0.29, 0.717) is 18.1 Å². The van der Waals surface area contributed by atoms with Crippen molar-refractivity contribution in [3.63, 3.8) is 0 Å². The second-order valence-electron chi connectivity index (χ2n) is 2.48. The highest BCUT2D eigenvalue weighted by atomic mass is 16.5. The number of aliphatic hydroxyl groups is 1. The fraction of sp³-hybridized carbons (Fsp3) is 0.500. The molecule has 0 aliphatic heterocycles. The summed E-state index contributed by atoms with van der Waals surface area (Å²) in [5.41, 5.74) is 0.172. The quantitative estimate of drug-likeness (QED) is 0.686. The highest BCUT2D eigenvalue weighted by molar-refractivity contribution is 5.88. The molecule has 0 aliphatic carbocycles. The van der Waals surface area contributed by atoms with Crippen LogP contribution in [-0.2, 0) is 11.2 Å². The van der Waals surface area contributed by atoms with Crippen LogP contribution in [-0.4, -0.2) is 29.8 Å². The van der Waals surface area contributed by atoms with Crippen molar-refractivity contribution in [2.75, 3.05) is 13.7 Å². The third-order valence-corrected chi connectivity index (χ3v) is 1.55. The van der Waals surface area contributed by atoms with E-state index in [2.05, 4.69) is 9.72 Å². The van der Waals surface area contributed by atoms with E-state index in [4.69, 9.17) is 9.52 Å². The third kappa shape index (κ3) is 2.06. The lowest BCUT2D eigenvalue weighted by molar-refractivity contribution is 0.0593. The summed E-state index contributed by atoms with van der Waals surface area (Å²) in [5, 5.41) is 8.60. The fourth-order valence-electron chi connectivity index (χ4n) is 0.940. The van der Waals surface area contributed by atoms with Gasteiger partial charge >= 0.3 is 5.97 Å². The largest absolute Gasteiger partial charge is 0.464 e. The molecule has 0 saturated heterocycles. The fourth-order valence-corrected chi connectivity index (χ4v) is 0.940. The van der Waals surface area contributed by atoms with Crippen LogP contribution in [0.1, 0.15) is 22.1 Å². The molecular formula is C8H11NO4. The number of ether oxygens (including phenoxy) is 1. The molecule has 0 aliphatic rings. The molecule has 0 fully saturated rings. The summed E-state index contributed by atoms with van der Waals surface area (Å²) >= 11 is 0. The van der Waals surface area contributed by atoms with Gasteiger partial charge in [-0.15, -0.1) is 0 Å². The maximum atomic E-state index is 11.0. The van der Waals surface area contributed by atoms with Gasteiger partial charge in [-0.05, 0) is 6.92 Å². The van der Waals surface area contributed by atoms with E-state index >= 15 is 0 Å². The van der Waals surface area contributed by atoms with Gasteiger partial charge in [0.2, 0.25) is 0 Å². The molecule has 0 saturated carbocycles. The lowest BCUT2D eigenvalue weighted by atomic mass is 10.4. The number of oxazole rings is 1.